The molecule has 0 radical (unpaired) electrons. The van der Waals surface area contributed by atoms with E-state index in [0.29, 0.717) is 23.4 Å². The number of nitrogens with one attached hydrogen (secondary N) is 1. The molecule has 0 spiro atoms. The van der Waals surface area contributed by atoms with Crippen molar-refractivity contribution in [1.82, 2.24) is 0 Å². The van der Waals surface area contributed by atoms with E-state index in [1.807, 2.05) is 18.2 Å². The average molecular weight is 334 g/mol. The van der Waals surface area contributed by atoms with E-state index in [2.05, 4.69) is 10.3 Å². The van der Waals surface area contributed by atoms with Gasteiger partial charge in [0.25, 0.3) is 11.9 Å². The summed E-state index contributed by atoms with van der Waals surface area (Å²) in [5.41, 5.74) is 8.43. The maximum Gasteiger partial charge on any atom is 0.282 e. The predicted octanol–water partition coefficient (Wildman–Crippen LogP) is 2.46. The van der Waals surface area contributed by atoms with Gasteiger partial charge in [-0.05, 0) is 54.8 Å². The number of nitrogens with two attached hydrogens (primary N) is 1. The van der Waals surface area contributed by atoms with Crippen molar-refractivity contribution in [2.24, 2.45) is 10.7 Å². The molecule has 1 unspecified atom stereocenters. The fourth-order valence-corrected chi connectivity index (χ4v) is 2.57. The van der Waals surface area contributed by atoms with Gasteiger partial charge in [0.15, 0.2) is 0 Å². The highest BCUT2D eigenvalue weighted by Crippen LogP contribution is 2.14. The summed E-state index contributed by atoms with van der Waals surface area (Å²) < 4.78 is 5.13. The van der Waals surface area contributed by atoms with E-state index in [1.54, 1.807) is 36.4 Å². The van der Waals surface area contributed by atoms with Crippen LogP contribution in [0.2, 0.25) is 0 Å². The lowest BCUT2D eigenvalue weighted by atomic mass is 10.0. The Morgan fingerprint density at radius 3 is 2.56 bits per heavy atom. The van der Waals surface area contributed by atoms with E-state index in [-0.39, 0.29) is 18.0 Å². The SMILES string of the molecule is N#Cc1ccc(NC(=O)c2ccc(CCC3COC(N)=N3)cc2)cc1. The number of nitrogens with zero attached hydrogens (tertiary/aromatic N) is 2. The molecule has 2 aromatic rings. The summed E-state index contributed by atoms with van der Waals surface area (Å²) >= 11 is 0. The monoisotopic (exact) mass is 334 g/mol. The fourth-order valence-electron chi connectivity index (χ4n) is 2.57. The maximum absolute atomic E-state index is 12.3. The number of ether oxygens (including phenoxy) is 1. The molecule has 2 aromatic carbocycles. The third-order valence-electron chi connectivity index (χ3n) is 3.99. The van der Waals surface area contributed by atoms with Crippen LogP contribution < -0.4 is 11.1 Å². The van der Waals surface area contributed by atoms with E-state index in [9.17, 15) is 4.79 Å². The zero-order chi connectivity index (χ0) is 17.6. The first-order chi connectivity index (χ1) is 12.1. The second kappa shape index (κ2) is 7.49. The van der Waals surface area contributed by atoms with Gasteiger partial charge in [-0.2, -0.15) is 5.26 Å². The quantitative estimate of drug-likeness (QED) is 0.877. The molecule has 0 saturated carbocycles. The van der Waals surface area contributed by atoms with Crippen molar-refractivity contribution >= 4 is 17.6 Å². The Bertz CT molecular complexity index is 820. The van der Waals surface area contributed by atoms with Gasteiger partial charge in [0.1, 0.15) is 6.61 Å². The Morgan fingerprint density at radius 2 is 1.96 bits per heavy atom. The second-order valence-corrected chi connectivity index (χ2v) is 5.81. The van der Waals surface area contributed by atoms with E-state index in [4.69, 9.17) is 15.7 Å². The molecule has 1 aliphatic rings. The zero-order valence-electron chi connectivity index (χ0n) is 13.6. The van der Waals surface area contributed by atoms with Gasteiger partial charge in [-0.15, -0.1) is 0 Å². The van der Waals surface area contributed by atoms with Crippen molar-refractivity contribution < 1.29 is 9.53 Å². The molecule has 0 aromatic heterocycles. The number of amides is 1. The minimum absolute atomic E-state index is 0.111. The lowest BCUT2D eigenvalue weighted by Gasteiger charge is -2.07. The molecule has 1 amide bonds. The number of aryl methyl sites for hydroxylation is 1. The summed E-state index contributed by atoms with van der Waals surface area (Å²) in [6.07, 6.45) is 1.71. The molecular formula is C19H18N4O2. The normalized spacial score (nSPS) is 15.8. The van der Waals surface area contributed by atoms with Crippen LogP contribution in [0.5, 0.6) is 0 Å². The number of aliphatic imine (C=N–C) groups is 1. The summed E-state index contributed by atoms with van der Waals surface area (Å²) in [5, 5.41) is 11.6. The summed E-state index contributed by atoms with van der Waals surface area (Å²) in [4.78, 5) is 16.5. The van der Waals surface area contributed by atoms with Gasteiger partial charge in [0.05, 0.1) is 17.7 Å². The predicted molar refractivity (Wildman–Crippen MR) is 95.2 cm³/mol. The molecule has 126 valence electrons. The van der Waals surface area contributed by atoms with Crippen molar-refractivity contribution in [3.05, 3.63) is 65.2 Å². The van der Waals surface area contributed by atoms with Gasteiger partial charge in [-0.25, -0.2) is 4.99 Å². The van der Waals surface area contributed by atoms with Crippen LogP contribution in [0.25, 0.3) is 0 Å². The topological polar surface area (TPSA) is 100 Å². The van der Waals surface area contributed by atoms with Crippen LogP contribution in [0.15, 0.2) is 53.5 Å². The lowest BCUT2D eigenvalue weighted by molar-refractivity contribution is 0.102. The minimum atomic E-state index is -0.183. The number of carbonyl (C=O) groups is 1. The van der Waals surface area contributed by atoms with Gasteiger partial charge < -0.3 is 15.8 Å². The third-order valence-corrected chi connectivity index (χ3v) is 3.99. The van der Waals surface area contributed by atoms with E-state index < -0.39 is 0 Å². The Hall–Kier alpha value is -3.33. The minimum Gasteiger partial charge on any atom is -0.463 e. The van der Waals surface area contributed by atoms with Crippen LogP contribution in [0.1, 0.15) is 27.9 Å². The van der Waals surface area contributed by atoms with Gasteiger partial charge in [0, 0.05) is 11.3 Å². The molecule has 0 aliphatic carbocycles. The highest BCUT2D eigenvalue weighted by Gasteiger charge is 2.16. The highest BCUT2D eigenvalue weighted by molar-refractivity contribution is 6.04. The van der Waals surface area contributed by atoms with Crippen LogP contribution in [0, 0.1) is 11.3 Å². The second-order valence-electron chi connectivity index (χ2n) is 5.81. The lowest BCUT2D eigenvalue weighted by Crippen LogP contribution is -2.12. The van der Waals surface area contributed by atoms with Crippen molar-refractivity contribution in [1.29, 1.82) is 5.26 Å². The van der Waals surface area contributed by atoms with Crippen LogP contribution in [0.4, 0.5) is 5.69 Å². The number of benzene rings is 2. The van der Waals surface area contributed by atoms with Crippen molar-refractivity contribution in [3.63, 3.8) is 0 Å². The Labute approximate surface area is 145 Å². The summed E-state index contributed by atoms with van der Waals surface area (Å²) in [6.45, 7) is 0.539. The first kappa shape index (κ1) is 16.5. The van der Waals surface area contributed by atoms with Crippen LogP contribution in [-0.2, 0) is 11.2 Å². The van der Waals surface area contributed by atoms with E-state index >= 15 is 0 Å². The Kier molecular flexibility index (Phi) is 4.95. The number of anilines is 1. The number of hydrogen-bond acceptors (Lipinski definition) is 5. The van der Waals surface area contributed by atoms with Gasteiger partial charge in [-0.3, -0.25) is 4.79 Å². The molecule has 0 fully saturated rings. The van der Waals surface area contributed by atoms with Crippen LogP contribution in [0.3, 0.4) is 0 Å². The average Bonchev–Trinajstić information content (AvgIpc) is 3.06. The summed E-state index contributed by atoms with van der Waals surface area (Å²) in [6, 6.07) is 16.7. The molecule has 1 atom stereocenters. The molecule has 0 bridgehead atoms. The summed E-state index contributed by atoms with van der Waals surface area (Å²) in [5.74, 6) is -0.183. The summed E-state index contributed by atoms with van der Waals surface area (Å²) in [7, 11) is 0. The number of nitriles is 1. The number of hydrogen-bond donors (Lipinski definition) is 2. The molecule has 3 N–H and O–H groups in total. The Morgan fingerprint density at radius 1 is 1.24 bits per heavy atom. The molecule has 25 heavy (non-hydrogen) atoms. The largest absolute Gasteiger partial charge is 0.463 e. The highest BCUT2D eigenvalue weighted by atomic mass is 16.5. The molecule has 6 heteroatoms. The van der Waals surface area contributed by atoms with Gasteiger partial charge >= 0.3 is 0 Å². The first-order valence-corrected chi connectivity index (χ1v) is 8.00. The van der Waals surface area contributed by atoms with Crippen LogP contribution >= 0.6 is 0 Å². The number of rotatable bonds is 5. The van der Waals surface area contributed by atoms with Crippen LogP contribution in [-0.4, -0.2) is 24.6 Å². The number of carbonyl (C=O) groups excluding carboxylic acids is 1. The first-order valence-electron chi connectivity index (χ1n) is 8.00. The zero-order valence-corrected chi connectivity index (χ0v) is 13.6. The molecule has 1 heterocycles. The molecule has 6 nitrogen and oxygen atoms in total. The van der Waals surface area contributed by atoms with E-state index in [0.717, 1.165) is 18.4 Å². The standard InChI is InChI=1S/C19H18N4O2/c20-11-14-4-8-16(9-5-14)22-18(24)15-6-1-13(2-7-15)3-10-17-12-25-19(21)23-17/h1-2,4-9,17H,3,10,12H2,(H2,21,23)(H,22,24). The smallest absolute Gasteiger partial charge is 0.282 e. The van der Waals surface area contributed by atoms with Gasteiger partial charge in [0.2, 0.25) is 0 Å². The molecule has 0 saturated heterocycles. The molecule has 3 rings (SSSR count). The molecular weight excluding hydrogens is 316 g/mol. The van der Waals surface area contributed by atoms with Crippen molar-refractivity contribution in [2.45, 2.75) is 18.9 Å². The van der Waals surface area contributed by atoms with Crippen molar-refractivity contribution in [3.8, 4) is 6.07 Å². The maximum atomic E-state index is 12.3. The molecule has 1 aliphatic heterocycles. The third kappa shape index (κ3) is 4.36. The van der Waals surface area contributed by atoms with Crippen molar-refractivity contribution in [2.75, 3.05) is 11.9 Å². The van der Waals surface area contributed by atoms with E-state index in [1.165, 1.54) is 0 Å². The fraction of sp³-hybridized carbons (Fsp3) is 0.211. The Balaban J connectivity index is 1.55. The van der Waals surface area contributed by atoms with Gasteiger partial charge in [-0.1, -0.05) is 12.1 Å². The number of amidine groups is 1.